The second-order valence-electron chi connectivity index (χ2n) is 4.92. The summed E-state index contributed by atoms with van der Waals surface area (Å²) in [4.78, 5) is 16.0. The van der Waals surface area contributed by atoms with E-state index in [1.54, 1.807) is 4.90 Å². The fraction of sp³-hybridized carbons (Fsp3) is 0.917. The molecule has 0 saturated carbocycles. The summed E-state index contributed by atoms with van der Waals surface area (Å²) < 4.78 is 0. The van der Waals surface area contributed by atoms with Crippen LogP contribution in [-0.2, 0) is 4.79 Å². The minimum atomic E-state index is -0.218. The Labute approximate surface area is 98.2 Å². The maximum atomic E-state index is 11.9. The average molecular weight is 228 g/mol. The Hall–Kier alpha value is -0.610. The van der Waals surface area contributed by atoms with Crippen LogP contribution in [0.3, 0.4) is 0 Å². The number of hydrogen-bond acceptors (Lipinski definition) is 3. The van der Waals surface area contributed by atoms with Crippen molar-refractivity contribution in [1.82, 2.24) is 9.80 Å². The summed E-state index contributed by atoms with van der Waals surface area (Å²) in [5.41, 5.74) is 0. The number of likely N-dealkylation sites (tertiary alicyclic amines) is 1. The number of hydrogen-bond donors (Lipinski definition) is 1. The molecule has 1 N–H and O–H groups in total. The summed E-state index contributed by atoms with van der Waals surface area (Å²) in [5, 5.41) is 9.09. The van der Waals surface area contributed by atoms with Crippen LogP contribution in [0.2, 0.25) is 0 Å². The molecule has 0 radical (unpaired) electrons. The first kappa shape index (κ1) is 13.5. The van der Waals surface area contributed by atoms with Gasteiger partial charge in [0.1, 0.15) is 0 Å². The zero-order chi connectivity index (χ0) is 12.1. The molecule has 0 aromatic rings. The molecule has 4 nitrogen and oxygen atoms in total. The third-order valence-corrected chi connectivity index (χ3v) is 3.46. The van der Waals surface area contributed by atoms with Gasteiger partial charge in [-0.15, -0.1) is 0 Å². The Bertz CT molecular complexity index is 229. The minimum Gasteiger partial charge on any atom is -0.396 e. The summed E-state index contributed by atoms with van der Waals surface area (Å²) in [6.07, 6.45) is 1.88. The Morgan fingerprint density at radius 3 is 2.75 bits per heavy atom. The van der Waals surface area contributed by atoms with Gasteiger partial charge in [0.25, 0.3) is 0 Å². The molecule has 1 heterocycles. The lowest BCUT2D eigenvalue weighted by atomic mass is 10.0. The first-order valence-electron chi connectivity index (χ1n) is 6.12. The molecule has 1 fully saturated rings. The number of carbonyl (C=O) groups is 1. The molecule has 0 aliphatic carbocycles. The fourth-order valence-electron chi connectivity index (χ4n) is 2.35. The molecule has 0 aromatic carbocycles. The molecule has 0 bridgehead atoms. The van der Waals surface area contributed by atoms with E-state index in [1.165, 1.54) is 6.42 Å². The van der Waals surface area contributed by atoms with Gasteiger partial charge in [-0.2, -0.15) is 0 Å². The predicted molar refractivity (Wildman–Crippen MR) is 64.1 cm³/mol. The molecular weight excluding hydrogens is 204 g/mol. The van der Waals surface area contributed by atoms with Crippen molar-refractivity contribution in [3.63, 3.8) is 0 Å². The number of rotatable bonds is 5. The molecule has 94 valence electrons. The van der Waals surface area contributed by atoms with Crippen molar-refractivity contribution in [2.24, 2.45) is 11.8 Å². The van der Waals surface area contributed by atoms with E-state index in [-0.39, 0.29) is 18.4 Å². The molecule has 1 amide bonds. The molecule has 0 aromatic heterocycles. The SMILES string of the molecule is CCC(CO)C(=O)N(C)CC1CCN(C)C1. The molecule has 2 atom stereocenters. The van der Waals surface area contributed by atoms with E-state index in [2.05, 4.69) is 11.9 Å². The van der Waals surface area contributed by atoms with E-state index in [0.29, 0.717) is 12.3 Å². The molecule has 2 unspecified atom stereocenters. The van der Waals surface area contributed by atoms with Crippen LogP contribution < -0.4 is 0 Å². The highest BCUT2D eigenvalue weighted by Crippen LogP contribution is 2.16. The van der Waals surface area contributed by atoms with Crippen LogP contribution in [0.4, 0.5) is 0 Å². The van der Waals surface area contributed by atoms with E-state index in [1.807, 2.05) is 14.0 Å². The largest absolute Gasteiger partial charge is 0.396 e. The number of carbonyl (C=O) groups excluding carboxylic acids is 1. The summed E-state index contributed by atoms with van der Waals surface area (Å²) in [7, 11) is 3.96. The van der Waals surface area contributed by atoms with Crippen molar-refractivity contribution in [3.05, 3.63) is 0 Å². The monoisotopic (exact) mass is 228 g/mol. The number of aliphatic hydroxyl groups is 1. The van der Waals surface area contributed by atoms with Gasteiger partial charge in [-0.25, -0.2) is 0 Å². The lowest BCUT2D eigenvalue weighted by Crippen LogP contribution is -2.38. The van der Waals surface area contributed by atoms with Crippen molar-refractivity contribution in [1.29, 1.82) is 0 Å². The van der Waals surface area contributed by atoms with Crippen molar-refractivity contribution in [2.45, 2.75) is 19.8 Å². The predicted octanol–water partition coefficient (Wildman–Crippen LogP) is 0.415. The van der Waals surface area contributed by atoms with E-state index in [9.17, 15) is 4.79 Å². The zero-order valence-corrected chi connectivity index (χ0v) is 10.6. The normalized spacial score (nSPS) is 23.4. The Morgan fingerprint density at radius 1 is 1.62 bits per heavy atom. The third kappa shape index (κ3) is 3.46. The van der Waals surface area contributed by atoms with Crippen LogP contribution in [0.25, 0.3) is 0 Å². The Balaban J connectivity index is 2.39. The van der Waals surface area contributed by atoms with Crippen LogP contribution >= 0.6 is 0 Å². The maximum Gasteiger partial charge on any atom is 0.227 e. The zero-order valence-electron chi connectivity index (χ0n) is 10.6. The average Bonchev–Trinajstić information content (AvgIpc) is 2.65. The molecule has 1 aliphatic rings. The lowest BCUT2D eigenvalue weighted by molar-refractivity contribution is -0.136. The van der Waals surface area contributed by atoms with Crippen LogP contribution in [-0.4, -0.2) is 61.2 Å². The van der Waals surface area contributed by atoms with Gasteiger partial charge in [0, 0.05) is 20.1 Å². The van der Waals surface area contributed by atoms with Crippen molar-refractivity contribution < 1.29 is 9.90 Å². The maximum absolute atomic E-state index is 11.9. The van der Waals surface area contributed by atoms with Crippen LogP contribution in [0.5, 0.6) is 0 Å². The van der Waals surface area contributed by atoms with E-state index < -0.39 is 0 Å². The van der Waals surface area contributed by atoms with E-state index in [4.69, 9.17) is 5.11 Å². The summed E-state index contributed by atoms with van der Waals surface area (Å²) in [6, 6.07) is 0. The molecule has 0 spiro atoms. The second kappa shape index (κ2) is 6.21. The van der Waals surface area contributed by atoms with Crippen LogP contribution in [0, 0.1) is 11.8 Å². The fourth-order valence-corrected chi connectivity index (χ4v) is 2.35. The summed E-state index contributed by atoms with van der Waals surface area (Å²) in [6.45, 7) is 4.93. The Morgan fingerprint density at radius 2 is 2.31 bits per heavy atom. The van der Waals surface area contributed by atoms with Gasteiger partial charge < -0.3 is 14.9 Å². The molecule has 16 heavy (non-hydrogen) atoms. The first-order valence-corrected chi connectivity index (χ1v) is 6.12. The number of aliphatic hydroxyl groups excluding tert-OH is 1. The van der Waals surface area contributed by atoms with Gasteiger partial charge in [0.15, 0.2) is 0 Å². The first-order chi connectivity index (χ1) is 7.58. The molecule has 1 saturated heterocycles. The molecule has 4 heteroatoms. The van der Waals surface area contributed by atoms with Gasteiger partial charge in [-0.3, -0.25) is 4.79 Å². The van der Waals surface area contributed by atoms with Gasteiger partial charge in [0.2, 0.25) is 5.91 Å². The van der Waals surface area contributed by atoms with Gasteiger partial charge in [-0.1, -0.05) is 6.92 Å². The molecule has 1 rings (SSSR count). The highest BCUT2D eigenvalue weighted by molar-refractivity contribution is 5.78. The van der Waals surface area contributed by atoms with Crippen molar-refractivity contribution >= 4 is 5.91 Å². The number of nitrogens with zero attached hydrogens (tertiary/aromatic N) is 2. The van der Waals surface area contributed by atoms with Gasteiger partial charge in [0.05, 0.1) is 12.5 Å². The summed E-state index contributed by atoms with van der Waals surface area (Å²) >= 11 is 0. The van der Waals surface area contributed by atoms with Crippen LogP contribution in [0.1, 0.15) is 19.8 Å². The molecular formula is C12H24N2O2. The lowest BCUT2D eigenvalue weighted by Gasteiger charge is -2.24. The van der Waals surface area contributed by atoms with Crippen LogP contribution in [0.15, 0.2) is 0 Å². The number of amides is 1. The van der Waals surface area contributed by atoms with Crippen molar-refractivity contribution in [3.8, 4) is 0 Å². The highest BCUT2D eigenvalue weighted by Gasteiger charge is 2.25. The quantitative estimate of drug-likeness (QED) is 0.741. The van der Waals surface area contributed by atoms with E-state index >= 15 is 0 Å². The second-order valence-corrected chi connectivity index (χ2v) is 4.92. The van der Waals surface area contributed by atoms with Crippen molar-refractivity contribution in [2.75, 3.05) is 40.3 Å². The molecule has 1 aliphatic heterocycles. The smallest absolute Gasteiger partial charge is 0.227 e. The standard InChI is InChI=1S/C12H24N2O2/c1-4-11(9-15)12(16)14(3)8-10-5-6-13(2)7-10/h10-11,15H,4-9H2,1-3H3. The third-order valence-electron chi connectivity index (χ3n) is 3.46. The van der Waals surface area contributed by atoms with Gasteiger partial charge in [-0.05, 0) is 32.4 Å². The summed E-state index contributed by atoms with van der Waals surface area (Å²) in [5.74, 6) is 0.457. The van der Waals surface area contributed by atoms with E-state index in [0.717, 1.165) is 19.6 Å². The topological polar surface area (TPSA) is 43.8 Å². The highest BCUT2D eigenvalue weighted by atomic mass is 16.3. The van der Waals surface area contributed by atoms with Gasteiger partial charge >= 0.3 is 0 Å². The Kier molecular flexibility index (Phi) is 5.22. The minimum absolute atomic E-state index is 0.0375.